The van der Waals surface area contributed by atoms with Gasteiger partial charge in [-0.25, -0.2) is 0 Å². The molecule has 0 bridgehead atoms. The normalized spacial score (nSPS) is 23.3. The highest BCUT2D eigenvalue weighted by Gasteiger charge is 2.19. The maximum absolute atomic E-state index is 2.35. The predicted molar refractivity (Wildman–Crippen MR) is 41.2 cm³/mol. The Bertz CT molecular complexity index is 69.4. The van der Waals surface area contributed by atoms with Crippen LogP contribution in [0.15, 0.2) is 0 Å². The average Bonchev–Trinajstić information content (AvgIpc) is 1.78. The highest BCUT2D eigenvalue weighted by molar-refractivity contribution is 4.98. The maximum atomic E-state index is 2.35. The Morgan fingerprint density at radius 3 is 2.44 bits per heavy atom. The summed E-state index contributed by atoms with van der Waals surface area (Å²) in [7, 11) is 0. The fourth-order valence-corrected chi connectivity index (χ4v) is 1.27. The molecule has 0 aromatic heterocycles. The zero-order valence-electron chi connectivity index (χ0n) is 6.61. The van der Waals surface area contributed by atoms with E-state index >= 15 is 0 Å². The second-order valence-corrected chi connectivity index (χ2v) is 3.32. The lowest BCUT2D eigenvalue weighted by Gasteiger charge is -2.26. The molecule has 1 aliphatic carbocycles. The Morgan fingerprint density at radius 2 is 2.11 bits per heavy atom. The molecule has 0 saturated heterocycles. The van der Waals surface area contributed by atoms with Crippen LogP contribution < -0.4 is 0 Å². The highest BCUT2D eigenvalue weighted by Crippen LogP contribution is 2.34. The quantitative estimate of drug-likeness (QED) is 0.543. The van der Waals surface area contributed by atoms with Crippen LogP contribution in [0.3, 0.4) is 0 Å². The van der Waals surface area contributed by atoms with Crippen LogP contribution in [0, 0.1) is 11.8 Å². The van der Waals surface area contributed by atoms with E-state index in [4.69, 9.17) is 0 Å². The van der Waals surface area contributed by atoms with E-state index in [1.807, 2.05) is 5.92 Å². The molecule has 1 rings (SSSR count). The molecule has 1 radical (unpaired) electrons. The lowest BCUT2D eigenvalue weighted by Crippen LogP contribution is -2.11. The Kier molecular flexibility index (Phi) is 2.56. The van der Waals surface area contributed by atoms with Crippen molar-refractivity contribution >= 4 is 0 Å². The van der Waals surface area contributed by atoms with Crippen LogP contribution >= 0.6 is 0 Å². The van der Waals surface area contributed by atoms with Crippen molar-refractivity contribution in [2.75, 3.05) is 0 Å². The molecule has 0 nitrogen and oxygen atoms in total. The first-order chi connectivity index (χ1) is 4.33. The largest absolute Gasteiger partial charge is 0.0651 e. The first-order valence-electron chi connectivity index (χ1n) is 4.16. The van der Waals surface area contributed by atoms with Gasteiger partial charge in [0, 0.05) is 0 Å². The lowest BCUT2D eigenvalue weighted by atomic mass is 9.79. The van der Waals surface area contributed by atoms with Gasteiger partial charge < -0.3 is 0 Å². The van der Waals surface area contributed by atoms with Crippen molar-refractivity contribution in [1.82, 2.24) is 0 Å². The molecule has 0 amide bonds. The zero-order valence-corrected chi connectivity index (χ0v) is 6.61. The lowest BCUT2D eigenvalue weighted by molar-refractivity contribution is 0.425. The van der Waals surface area contributed by atoms with E-state index in [0.717, 1.165) is 5.92 Å². The van der Waals surface area contributed by atoms with Crippen LogP contribution in [0.1, 0.15) is 46.0 Å². The summed E-state index contributed by atoms with van der Waals surface area (Å²) in [4.78, 5) is 0. The first kappa shape index (κ1) is 7.11. The standard InChI is InChI=1S/C9H17/c1-3-8(2)7-9-5-4-6-9/h8H,3-7H2,1-2H3. The van der Waals surface area contributed by atoms with Crippen molar-refractivity contribution in [3.63, 3.8) is 0 Å². The average molecular weight is 125 g/mol. The monoisotopic (exact) mass is 125 g/mol. The van der Waals surface area contributed by atoms with Gasteiger partial charge in [-0.1, -0.05) is 26.7 Å². The second kappa shape index (κ2) is 3.24. The molecular weight excluding hydrogens is 108 g/mol. The Morgan fingerprint density at radius 1 is 1.44 bits per heavy atom. The van der Waals surface area contributed by atoms with Gasteiger partial charge in [-0.3, -0.25) is 0 Å². The minimum atomic E-state index is 0.945. The fourth-order valence-electron chi connectivity index (χ4n) is 1.27. The van der Waals surface area contributed by atoms with Crippen molar-refractivity contribution in [2.45, 2.75) is 46.0 Å². The third kappa shape index (κ3) is 2.00. The zero-order chi connectivity index (χ0) is 6.69. The molecule has 0 heterocycles. The van der Waals surface area contributed by atoms with E-state index in [1.54, 1.807) is 0 Å². The Hall–Kier alpha value is 0. The molecule has 0 N–H and O–H groups in total. The Labute approximate surface area is 58.7 Å². The molecule has 1 fully saturated rings. The summed E-state index contributed by atoms with van der Waals surface area (Å²) in [6.07, 6.45) is 7.10. The van der Waals surface area contributed by atoms with E-state index in [-0.39, 0.29) is 0 Å². The predicted octanol–water partition coefficient (Wildman–Crippen LogP) is 3.18. The number of rotatable bonds is 3. The SMILES string of the molecule is CCC(C)C[C]1CCC1. The van der Waals surface area contributed by atoms with Gasteiger partial charge in [0.1, 0.15) is 0 Å². The van der Waals surface area contributed by atoms with Gasteiger partial charge in [-0.2, -0.15) is 0 Å². The fraction of sp³-hybridized carbons (Fsp3) is 0.889. The summed E-state index contributed by atoms with van der Waals surface area (Å²) < 4.78 is 0. The van der Waals surface area contributed by atoms with Crippen molar-refractivity contribution in [3.05, 3.63) is 5.92 Å². The molecular formula is C9H17. The smallest absolute Gasteiger partial charge is 0.0238 e. The molecule has 1 atom stereocenters. The minimum absolute atomic E-state index is 0.945. The van der Waals surface area contributed by atoms with Gasteiger partial charge in [-0.15, -0.1) is 0 Å². The molecule has 9 heavy (non-hydrogen) atoms. The van der Waals surface area contributed by atoms with Crippen molar-refractivity contribution in [2.24, 2.45) is 5.92 Å². The molecule has 1 aliphatic rings. The second-order valence-electron chi connectivity index (χ2n) is 3.32. The van der Waals surface area contributed by atoms with Crippen molar-refractivity contribution < 1.29 is 0 Å². The summed E-state index contributed by atoms with van der Waals surface area (Å²) in [6.45, 7) is 4.63. The first-order valence-corrected chi connectivity index (χ1v) is 4.16. The van der Waals surface area contributed by atoms with E-state index in [1.165, 1.54) is 32.1 Å². The van der Waals surface area contributed by atoms with Crippen LogP contribution in [-0.4, -0.2) is 0 Å². The minimum Gasteiger partial charge on any atom is -0.0651 e. The molecule has 1 saturated carbocycles. The van der Waals surface area contributed by atoms with Gasteiger partial charge >= 0.3 is 0 Å². The van der Waals surface area contributed by atoms with Crippen LogP contribution in [0.5, 0.6) is 0 Å². The van der Waals surface area contributed by atoms with Crippen molar-refractivity contribution in [1.29, 1.82) is 0 Å². The van der Waals surface area contributed by atoms with Gasteiger partial charge in [0.2, 0.25) is 0 Å². The molecule has 0 spiro atoms. The van der Waals surface area contributed by atoms with E-state index in [0.29, 0.717) is 0 Å². The molecule has 0 aromatic carbocycles. The third-order valence-corrected chi connectivity index (χ3v) is 2.39. The summed E-state index contributed by atoms with van der Waals surface area (Å²) in [5.41, 5.74) is 0. The number of hydrogen-bond acceptors (Lipinski definition) is 0. The van der Waals surface area contributed by atoms with Crippen LogP contribution in [0.4, 0.5) is 0 Å². The van der Waals surface area contributed by atoms with Gasteiger partial charge in [0.25, 0.3) is 0 Å². The summed E-state index contributed by atoms with van der Waals surface area (Å²) in [5.74, 6) is 2.77. The van der Waals surface area contributed by atoms with Crippen LogP contribution in [0.25, 0.3) is 0 Å². The summed E-state index contributed by atoms with van der Waals surface area (Å²) >= 11 is 0. The van der Waals surface area contributed by atoms with Crippen LogP contribution in [-0.2, 0) is 0 Å². The summed E-state index contributed by atoms with van der Waals surface area (Å²) in [6, 6.07) is 0. The van der Waals surface area contributed by atoms with E-state index in [9.17, 15) is 0 Å². The highest BCUT2D eigenvalue weighted by atomic mass is 14.2. The van der Waals surface area contributed by atoms with Crippen molar-refractivity contribution in [3.8, 4) is 0 Å². The molecule has 0 aromatic rings. The van der Waals surface area contributed by atoms with Gasteiger partial charge in [-0.05, 0) is 31.1 Å². The number of hydrogen-bond donors (Lipinski definition) is 0. The third-order valence-electron chi connectivity index (χ3n) is 2.39. The van der Waals surface area contributed by atoms with Crippen LogP contribution in [0.2, 0.25) is 0 Å². The molecule has 53 valence electrons. The molecule has 1 unspecified atom stereocenters. The summed E-state index contributed by atoms with van der Waals surface area (Å²) in [5, 5.41) is 0. The van der Waals surface area contributed by atoms with E-state index in [2.05, 4.69) is 13.8 Å². The maximum Gasteiger partial charge on any atom is -0.0238 e. The van der Waals surface area contributed by atoms with E-state index < -0.39 is 0 Å². The van der Waals surface area contributed by atoms with Gasteiger partial charge in [0.05, 0.1) is 0 Å². The van der Waals surface area contributed by atoms with Gasteiger partial charge in [0.15, 0.2) is 0 Å². The molecule has 0 heteroatoms. The Balaban J connectivity index is 2.01. The topological polar surface area (TPSA) is 0 Å². The molecule has 0 aliphatic heterocycles.